The Morgan fingerprint density at radius 2 is 2.08 bits per heavy atom. The number of hydrogen-bond donors (Lipinski definition) is 1. The molecule has 2 rings (SSSR count). The van der Waals surface area contributed by atoms with E-state index in [-0.39, 0.29) is 0 Å². The van der Waals surface area contributed by atoms with Gasteiger partial charge >= 0.3 is 0 Å². The van der Waals surface area contributed by atoms with E-state index in [9.17, 15) is 4.79 Å². The molecule has 74 valence electrons. The van der Waals surface area contributed by atoms with E-state index in [4.69, 9.17) is 0 Å². The van der Waals surface area contributed by atoms with Crippen molar-refractivity contribution >= 4 is 5.91 Å². The molecule has 0 aromatic heterocycles. The van der Waals surface area contributed by atoms with Crippen LogP contribution in [0.3, 0.4) is 0 Å². The summed E-state index contributed by atoms with van der Waals surface area (Å²) < 4.78 is 0. The lowest BCUT2D eigenvalue weighted by Crippen LogP contribution is -2.41. The highest BCUT2D eigenvalue weighted by Crippen LogP contribution is 2.38. The van der Waals surface area contributed by atoms with Gasteiger partial charge in [0.25, 0.3) is 0 Å². The Bertz CT molecular complexity index is 198. The van der Waals surface area contributed by atoms with Crippen molar-refractivity contribution in [3.8, 4) is 0 Å². The minimum absolute atomic E-state index is 0.340. The standard InChI is InChI=1S/C11H19NO/c1-2-3-8-4-7-10(8)11(13)12-9-5-6-9/h8-10H,2-7H2,1H3,(H,12,13). The molecule has 1 amide bonds. The molecule has 2 aliphatic rings. The number of rotatable bonds is 4. The monoisotopic (exact) mass is 181 g/mol. The summed E-state index contributed by atoms with van der Waals surface area (Å²) in [5, 5.41) is 3.11. The van der Waals surface area contributed by atoms with Crippen LogP contribution in [0.2, 0.25) is 0 Å². The van der Waals surface area contributed by atoms with E-state index in [1.54, 1.807) is 0 Å². The largest absolute Gasteiger partial charge is 0.353 e. The summed E-state index contributed by atoms with van der Waals surface area (Å²) >= 11 is 0. The van der Waals surface area contributed by atoms with Gasteiger partial charge in [-0.1, -0.05) is 13.3 Å². The molecule has 1 N–H and O–H groups in total. The topological polar surface area (TPSA) is 29.1 Å². The first kappa shape index (κ1) is 9.04. The molecule has 2 fully saturated rings. The third-order valence-electron chi connectivity index (χ3n) is 3.34. The molecular formula is C11H19NO. The Hall–Kier alpha value is -0.530. The summed E-state index contributed by atoms with van der Waals surface area (Å²) in [6.45, 7) is 2.20. The smallest absolute Gasteiger partial charge is 0.223 e. The summed E-state index contributed by atoms with van der Waals surface area (Å²) in [5.74, 6) is 1.40. The molecule has 0 aliphatic heterocycles. The van der Waals surface area contributed by atoms with Gasteiger partial charge in [0.1, 0.15) is 0 Å². The van der Waals surface area contributed by atoms with E-state index in [2.05, 4.69) is 12.2 Å². The third-order valence-corrected chi connectivity index (χ3v) is 3.34. The first-order valence-corrected chi connectivity index (χ1v) is 5.61. The zero-order valence-corrected chi connectivity index (χ0v) is 8.38. The van der Waals surface area contributed by atoms with Gasteiger partial charge in [-0.25, -0.2) is 0 Å². The zero-order chi connectivity index (χ0) is 9.26. The first-order chi connectivity index (χ1) is 6.31. The summed E-state index contributed by atoms with van der Waals surface area (Å²) in [7, 11) is 0. The van der Waals surface area contributed by atoms with Crippen LogP contribution >= 0.6 is 0 Å². The van der Waals surface area contributed by atoms with Crippen LogP contribution in [0.1, 0.15) is 45.4 Å². The van der Waals surface area contributed by atoms with Crippen LogP contribution in [0.25, 0.3) is 0 Å². The molecule has 0 bridgehead atoms. The quantitative estimate of drug-likeness (QED) is 0.707. The average Bonchev–Trinajstić information content (AvgIpc) is 2.81. The van der Waals surface area contributed by atoms with Crippen LogP contribution in [-0.4, -0.2) is 11.9 Å². The molecule has 13 heavy (non-hydrogen) atoms. The van der Waals surface area contributed by atoms with E-state index in [0.29, 0.717) is 23.8 Å². The summed E-state index contributed by atoms with van der Waals surface area (Å²) in [4.78, 5) is 11.6. The van der Waals surface area contributed by atoms with Gasteiger partial charge in [0.05, 0.1) is 0 Å². The van der Waals surface area contributed by atoms with Gasteiger partial charge in [-0.3, -0.25) is 4.79 Å². The highest BCUT2D eigenvalue weighted by molar-refractivity contribution is 5.80. The summed E-state index contributed by atoms with van der Waals surface area (Å²) in [6, 6.07) is 0.537. The molecule has 2 unspecified atom stereocenters. The van der Waals surface area contributed by atoms with Crippen molar-refractivity contribution in [2.45, 2.75) is 51.5 Å². The highest BCUT2D eigenvalue weighted by atomic mass is 16.2. The summed E-state index contributed by atoms with van der Waals surface area (Å²) in [6.07, 6.45) is 7.27. The highest BCUT2D eigenvalue weighted by Gasteiger charge is 2.37. The minimum atomic E-state index is 0.340. The van der Waals surface area contributed by atoms with Crippen molar-refractivity contribution in [2.75, 3.05) is 0 Å². The SMILES string of the molecule is CCCC1CCC1C(=O)NC1CC1. The Labute approximate surface area is 80.1 Å². The van der Waals surface area contributed by atoms with Crippen molar-refractivity contribution in [1.29, 1.82) is 0 Å². The maximum absolute atomic E-state index is 11.6. The molecule has 0 aromatic carbocycles. The molecule has 2 atom stereocenters. The number of carbonyl (C=O) groups excluding carboxylic acids is 1. The molecule has 2 nitrogen and oxygen atoms in total. The number of hydrogen-bond acceptors (Lipinski definition) is 1. The van der Waals surface area contributed by atoms with Crippen LogP contribution in [0.5, 0.6) is 0 Å². The van der Waals surface area contributed by atoms with Gasteiger partial charge in [-0.15, -0.1) is 0 Å². The molecular weight excluding hydrogens is 162 g/mol. The lowest BCUT2D eigenvalue weighted by Gasteiger charge is -2.35. The van der Waals surface area contributed by atoms with E-state index in [1.165, 1.54) is 32.1 Å². The minimum Gasteiger partial charge on any atom is -0.353 e. The zero-order valence-electron chi connectivity index (χ0n) is 8.38. The van der Waals surface area contributed by atoms with Gasteiger partial charge in [-0.2, -0.15) is 0 Å². The molecule has 0 aromatic rings. The average molecular weight is 181 g/mol. The van der Waals surface area contributed by atoms with Gasteiger partial charge < -0.3 is 5.32 Å². The van der Waals surface area contributed by atoms with Crippen LogP contribution < -0.4 is 5.32 Å². The fraction of sp³-hybridized carbons (Fsp3) is 0.909. The second-order valence-corrected chi connectivity index (χ2v) is 4.52. The van der Waals surface area contributed by atoms with E-state index in [0.717, 1.165) is 6.42 Å². The van der Waals surface area contributed by atoms with E-state index >= 15 is 0 Å². The Balaban J connectivity index is 1.75. The van der Waals surface area contributed by atoms with Crippen LogP contribution in [0.4, 0.5) is 0 Å². The molecule has 0 heterocycles. The molecule has 2 heteroatoms. The maximum Gasteiger partial charge on any atom is 0.223 e. The van der Waals surface area contributed by atoms with E-state index in [1.807, 2.05) is 0 Å². The molecule has 2 aliphatic carbocycles. The van der Waals surface area contributed by atoms with Gasteiger partial charge in [0.2, 0.25) is 5.91 Å². The predicted octanol–water partition coefficient (Wildman–Crippen LogP) is 2.09. The Kier molecular flexibility index (Phi) is 2.56. The Morgan fingerprint density at radius 1 is 1.31 bits per heavy atom. The molecule has 2 saturated carbocycles. The number of nitrogens with one attached hydrogen (secondary N) is 1. The van der Waals surface area contributed by atoms with Crippen LogP contribution in [-0.2, 0) is 4.79 Å². The van der Waals surface area contributed by atoms with Crippen molar-refractivity contribution in [3.63, 3.8) is 0 Å². The van der Waals surface area contributed by atoms with Crippen molar-refractivity contribution < 1.29 is 4.79 Å². The van der Waals surface area contributed by atoms with Crippen molar-refractivity contribution in [1.82, 2.24) is 5.32 Å². The third kappa shape index (κ3) is 2.04. The number of amides is 1. The van der Waals surface area contributed by atoms with Gasteiger partial charge in [-0.05, 0) is 38.0 Å². The number of carbonyl (C=O) groups is 1. The Morgan fingerprint density at radius 3 is 2.54 bits per heavy atom. The lowest BCUT2D eigenvalue weighted by atomic mass is 9.71. The normalized spacial score (nSPS) is 32.4. The fourth-order valence-electron chi connectivity index (χ4n) is 2.17. The second kappa shape index (κ2) is 3.69. The van der Waals surface area contributed by atoms with Gasteiger partial charge in [0, 0.05) is 12.0 Å². The summed E-state index contributed by atoms with van der Waals surface area (Å²) in [5.41, 5.74) is 0. The fourth-order valence-corrected chi connectivity index (χ4v) is 2.17. The molecule has 0 spiro atoms. The van der Waals surface area contributed by atoms with Crippen molar-refractivity contribution in [2.24, 2.45) is 11.8 Å². The first-order valence-electron chi connectivity index (χ1n) is 5.61. The molecule has 0 radical (unpaired) electrons. The lowest BCUT2D eigenvalue weighted by molar-refractivity contribution is -0.130. The van der Waals surface area contributed by atoms with Crippen LogP contribution in [0, 0.1) is 11.8 Å². The van der Waals surface area contributed by atoms with Gasteiger partial charge in [0.15, 0.2) is 0 Å². The van der Waals surface area contributed by atoms with E-state index < -0.39 is 0 Å². The van der Waals surface area contributed by atoms with Crippen LogP contribution in [0.15, 0.2) is 0 Å². The second-order valence-electron chi connectivity index (χ2n) is 4.52. The molecule has 0 saturated heterocycles. The maximum atomic E-state index is 11.6. The van der Waals surface area contributed by atoms with Crippen molar-refractivity contribution in [3.05, 3.63) is 0 Å². The predicted molar refractivity (Wildman–Crippen MR) is 52.3 cm³/mol.